The highest BCUT2D eigenvalue weighted by atomic mass is 35.5. The molecule has 0 bridgehead atoms. The number of benzene rings is 2. The monoisotopic (exact) mass is 447 g/mol. The Hall–Kier alpha value is -3.17. The van der Waals surface area contributed by atoms with Crippen LogP contribution >= 0.6 is 23.4 Å². The minimum Gasteiger partial charge on any atom is -0.489 e. The lowest BCUT2D eigenvalue weighted by Crippen LogP contribution is -2.19. The third-order valence-corrected chi connectivity index (χ3v) is 4.92. The van der Waals surface area contributed by atoms with E-state index >= 15 is 0 Å². The summed E-state index contributed by atoms with van der Waals surface area (Å²) in [6.45, 7) is 0.249. The number of nitrogens with one attached hydrogen (secondary N) is 1. The Morgan fingerprint density at radius 3 is 2.73 bits per heavy atom. The smallest absolute Gasteiger partial charge is 0.331 e. The Labute approximate surface area is 180 Å². The first-order valence-corrected chi connectivity index (χ1v) is 9.70. The van der Waals surface area contributed by atoms with Gasteiger partial charge in [-0.3, -0.25) is 10.1 Å². The summed E-state index contributed by atoms with van der Waals surface area (Å²) in [7, 11) is 1.23. The van der Waals surface area contributed by atoms with Crippen molar-refractivity contribution < 1.29 is 23.5 Å². The number of amidine groups is 1. The molecule has 0 unspecified atom stereocenters. The number of carbonyl (C=O) groups is 2. The Balaban J connectivity index is 1.55. The van der Waals surface area contributed by atoms with Gasteiger partial charge in [0.2, 0.25) is 0 Å². The molecule has 1 aliphatic heterocycles. The van der Waals surface area contributed by atoms with E-state index in [0.29, 0.717) is 5.75 Å². The Morgan fingerprint density at radius 2 is 2.03 bits per heavy atom. The van der Waals surface area contributed by atoms with E-state index in [-0.39, 0.29) is 21.7 Å². The molecule has 0 radical (unpaired) electrons. The number of thioether (sulfide) groups is 1. The van der Waals surface area contributed by atoms with Gasteiger partial charge in [0.15, 0.2) is 5.17 Å². The maximum Gasteiger partial charge on any atom is 0.331 e. The van der Waals surface area contributed by atoms with Crippen molar-refractivity contribution in [2.75, 3.05) is 7.11 Å². The van der Waals surface area contributed by atoms with Crippen LogP contribution in [0.5, 0.6) is 5.75 Å². The number of esters is 1. The standard InChI is InChI=1S/C20H15ClFN3O4S/c1-28-18(26)9-17-19(27)24-20(30-17)25-23-10-12-2-5-14(6-3-12)29-11-13-4-7-16(22)15(21)8-13/h2-10H,11H2,1H3,(H,24,25,27)/b17-9+,23-10?. The lowest BCUT2D eigenvalue weighted by molar-refractivity contribution is -0.135. The number of halogens is 2. The van der Waals surface area contributed by atoms with Gasteiger partial charge in [-0.05, 0) is 59.3 Å². The van der Waals surface area contributed by atoms with E-state index in [1.807, 2.05) is 0 Å². The highest BCUT2D eigenvalue weighted by Crippen LogP contribution is 2.23. The predicted molar refractivity (Wildman–Crippen MR) is 113 cm³/mol. The predicted octanol–water partition coefficient (Wildman–Crippen LogP) is 3.67. The average Bonchev–Trinajstić information content (AvgIpc) is 3.08. The molecule has 154 valence electrons. The molecule has 3 rings (SSSR count). The van der Waals surface area contributed by atoms with Crippen LogP contribution in [-0.4, -0.2) is 30.4 Å². The van der Waals surface area contributed by atoms with E-state index in [1.54, 1.807) is 30.3 Å². The first-order valence-electron chi connectivity index (χ1n) is 8.51. The zero-order chi connectivity index (χ0) is 21.5. The van der Waals surface area contributed by atoms with Gasteiger partial charge in [0.05, 0.1) is 23.3 Å². The van der Waals surface area contributed by atoms with Gasteiger partial charge in [0, 0.05) is 6.08 Å². The fraction of sp³-hybridized carbons (Fsp3) is 0.100. The molecule has 0 aliphatic carbocycles. The maximum absolute atomic E-state index is 13.2. The molecule has 0 spiro atoms. The van der Waals surface area contributed by atoms with E-state index in [2.05, 4.69) is 20.3 Å². The van der Waals surface area contributed by atoms with Crippen LogP contribution < -0.4 is 10.1 Å². The summed E-state index contributed by atoms with van der Waals surface area (Å²) in [5.74, 6) is -0.917. The van der Waals surface area contributed by atoms with E-state index < -0.39 is 17.7 Å². The van der Waals surface area contributed by atoms with Gasteiger partial charge in [-0.1, -0.05) is 17.7 Å². The van der Waals surface area contributed by atoms with Crippen LogP contribution in [0.3, 0.4) is 0 Å². The van der Waals surface area contributed by atoms with Crippen LogP contribution in [0.15, 0.2) is 63.6 Å². The molecule has 2 aromatic carbocycles. The third kappa shape index (κ3) is 5.91. The number of rotatable bonds is 6. The van der Waals surface area contributed by atoms with Crippen LogP contribution in [0.4, 0.5) is 4.39 Å². The lowest BCUT2D eigenvalue weighted by atomic mass is 10.2. The van der Waals surface area contributed by atoms with Gasteiger partial charge in [-0.15, -0.1) is 5.10 Å². The molecule has 1 fully saturated rings. The summed E-state index contributed by atoms with van der Waals surface area (Å²) in [6.07, 6.45) is 2.59. The molecular weight excluding hydrogens is 433 g/mol. The number of amides is 1. The van der Waals surface area contributed by atoms with Crippen LogP contribution in [0.25, 0.3) is 0 Å². The minimum absolute atomic E-state index is 0.0498. The quantitative estimate of drug-likeness (QED) is 0.316. The summed E-state index contributed by atoms with van der Waals surface area (Å²) in [5.41, 5.74) is 1.51. The molecular formula is C20H15ClFN3O4S. The number of hydrogen-bond donors (Lipinski definition) is 1. The molecule has 1 aliphatic rings. The third-order valence-electron chi connectivity index (χ3n) is 3.73. The largest absolute Gasteiger partial charge is 0.489 e. The second-order valence-electron chi connectivity index (χ2n) is 5.84. The fourth-order valence-corrected chi connectivity index (χ4v) is 3.18. The minimum atomic E-state index is -0.623. The fourth-order valence-electron chi connectivity index (χ4n) is 2.24. The molecule has 1 saturated heterocycles. The summed E-state index contributed by atoms with van der Waals surface area (Å²) in [4.78, 5) is 23.1. The highest BCUT2D eigenvalue weighted by molar-refractivity contribution is 8.18. The Kier molecular flexibility index (Phi) is 7.21. The van der Waals surface area contributed by atoms with E-state index in [1.165, 1.54) is 25.5 Å². The first-order chi connectivity index (χ1) is 14.4. The van der Waals surface area contributed by atoms with Gasteiger partial charge in [-0.25, -0.2) is 9.18 Å². The van der Waals surface area contributed by atoms with Crippen molar-refractivity contribution in [2.45, 2.75) is 6.61 Å². The normalized spacial score (nSPS) is 16.3. The van der Waals surface area contributed by atoms with E-state index in [4.69, 9.17) is 16.3 Å². The van der Waals surface area contributed by atoms with Crippen molar-refractivity contribution in [3.63, 3.8) is 0 Å². The van der Waals surface area contributed by atoms with Gasteiger partial charge in [0.1, 0.15) is 18.2 Å². The van der Waals surface area contributed by atoms with E-state index in [0.717, 1.165) is 29.0 Å². The molecule has 0 saturated carbocycles. The molecule has 2 aromatic rings. The molecule has 30 heavy (non-hydrogen) atoms. The van der Waals surface area contributed by atoms with Crippen molar-refractivity contribution >= 4 is 46.6 Å². The number of hydrogen-bond acceptors (Lipinski definition) is 7. The molecule has 1 N–H and O–H groups in total. The SMILES string of the molecule is COC(=O)/C=C1/S/C(=N\N=Cc2ccc(OCc3ccc(F)c(Cl)c3)cc2)NC1=O. The summed E-state index contributed by atoms with van der Waals surface area (Å²) in [6, 6.07) is 11.5. The molecule has 10 heteroatoms. The molecule has 0 atom stereocenters. The van der Waals surface area contributed by atoms with E-state index in [9.17, 15) is 14.0 Å². The molecule has 1 heterocycles. The second kappa shape index (κ2) is 10.0. The highest BCUT2D eigenvalue weighted by Gasteiger charge is 2.24. The number of ether oxygens (including phenoxy) is 2. The van der Waals surface area contributed by atoms with Crippen LogP contribution in [0.2, 0.25) is 5.02 Å². The van der Waals surface area contributed by atoms with Gasteiger partial charge in [0.25, 0.3) is 5.91 Å². The Bertz CT molecular complexity index is 1050. The van der Waals surface area contributed by atoms with Crippen molar-refractivity contribution in [1.29, 1.82) is 0 Å². The van der Waals surface area contributed by atoms with Crippen molar-refractivity contribution in [2.24, 2.45) is 10.2 Å². The number of nitrogens with zero attached hydrogens (tertiary/aromatic N) is 2. The average molecular weight is 448 g/mol. The van der Waals surface area contributed by atoms with Crippen LogP contribution in [0, 0.1) is 5.82 Å². The van der Waals surface area contributed by atoms with Crippen molar-refractivity contribution in [3.05, 3.63) is 75.4 Å². The zero-order valence-electron chi connectivity index (χ0n) is 15.6. The van der Waals surface area contributed by atoms with Gasteiger partial charge in [-0.2, -0.15) is 5.10 Å². The van der Waals surface area contributed by atoms with Crippen molar-refractivity contribution in [1.82, 2.24) is 5.32 Å². The zero-order valence-corrected chi connectivity index (χ0v) is 17.2. The molecule has 0 aromatic heterocycles. The summed E-state index contributed by atoms with van der Waals surface area (Å²) < 4.78 is 23.3. The molecule has 7 nitrogen and oxygen atoms in total. The number of methoxy groups -OCH3 is 1. The summed E-state index contributed by atoms with van der Waals surface area (Å²) in [5, 5.41) is 10.6. The lowest BCUT2D eigenvalue weighted by Gasteiger charge is -2.07. The van der Waals surface area contributed by atoms with Gasteiger partial charge < -0.3 is 9.47 Å². The van der Waals surface area contributed by atoms with Crippen LogP contribution in [-0.2, 0) is 20.9 Å². The Morgan fingerprint density at radius 1 is 1.27 bits per heavy atom. The van der Waals surface area contributed by atoms with Crippen molar-refractivity contribution in [3.8, 4) is 5.75 Å². The van der Waals surface area contributed by atoms with Gasteiger partial charge >= 0.3 is 5.97 Å². The summed E-state index contributed by atoms with van der Waals surface area (Å²) >= 11 is 6.74. The maximum atomic E-state index is 13.2. The molecule has 1 amide bonds. The number of carbonyl (C=O) groups excluding carboxylic acids is 2. The first kappa shape index (κ1) is 21.5. The second-order valence-corrected chi connectivity index (χ2v) is 7.28. The van der Waals surface area contributed by atoms with Crippen LogP contribution in [0.1, 0.15) is 11.1 Å². The topological polar surface area (TPSA) is 89.3 Å².